The van der Waals surface area contributed by atoms with Gasteiger partial charge in [0.1, 0.15) is 0 Å². The Bertz CT molecular complexity index is 412. The summed E-state index contributed by atoms with van der Waals surface area (Å²) in [7, 11) is 1.58. The van der Waals surface area contributed by atoms with Gasteiger partial charge in [-0.15, -0.1) is 0 Å². The van der Waals surface area contributed by atoms with Gasteiger partial charge in [0.05, 0.1) is 11.3 Å². The summed E-state index contributed by atoms with van der Waals surface area (Å²) in [6.07, 6.45) is 0.600. The number of carboxylic acids is 1. The van der Waals surface area contributed by atoms with Gasteiger partial charge in [0, 0.05) is 26.2 Å². The van der Waals surface area contributed by atoms with Crippen molar-refractivity contribution in [3.8, 4) is 0 Å². The van der Waals surface area contributed by atoms with Crippen molar-refractivity contribution in [3.63, 3.8) is 0 Å². The summed E-state index contributed by atoms with van der Waals surface area (Å²) in [5.41, 5.74) is -0.576. The second kappa shape index (κ2) is 6.11. The maximum absolute atomic E-state index is 12.1. The molecule has 1 fully saturated rings. The van der Waals surface area contributed by atoms with Crippen LogP contribution < -0.4 is 10.6 Å². The van der Waals surface area contributed by atoms with Crippen LogP contribution in [0.3, 0.4) is 0 Å². The molecular weight excluding hydrogens is 262 g/mol. The van der Waals surface area contributed by atoms with Crippen LogP contribution in [0.25, 0.3) is 0 Å². The molecule has 0 aromatic carbocycles. The lowest BCUT2D eigenvalue weighted by Gasteiger charge is -2.25. The molecule has 3 N–H and O–H groups in total. The number of hydrogen-bond donors (Lipinski definition) is 3. The smallest absolute Gasteiger partial charge is 0.317 e. The van der Waals surface area contributed by atoms with Crippen LogP contribution in [0.4, 0.5) is 4.79 Å². The number of carbonyl (C=O) groups is 3. The highest BCUT2D eigenvalue weighted by molar-refractivity contribution is 5.84. The molecule has 3 amide bonds. The molecule has 114 valence electrons. The lowest BCUT2D eigenvalue weighted by molar-refractivity contribution is -0.141. The zero-order valence-corrected chi connectivity index (χ0v) is 12.4. The fourth-order valence-electron chi connectivity index (χ4n) is 2.25. The number of aliphatic carboxylic acids is 1. The number of carbonyl (C=O) groups excluding carboxylic acids is 2. The van der Waals surface area contributed by atoms with E-state index in [0.29, 0.717) is 19.5 Å². The number of likely N-dealkylation sites (tertiary alicyclic amines) is 1. The van der Waals surface area contributed by atoms with E-state index in [1.165, 1.54) is 0 Å². The van der Waals surface area contributed by atoms with Crippen LogP contribution in [0.15, 0.2) is 0 Å². The molecule has 3 atom stereocenters. The van der Waals surface area contributed by atoms with E-state index in [1.807, 2.05) is 6.92 Å². The topological polar surface area (TPSA) is 98.7 Å². The van der Waals surface area contributed by atoms with Gasteiger partial charge < -0.3 is 20.6 Å². The van der Waals surface area contributed by atoms with Crippen LogP contribution >= 0.6 is 0 Å². The number of hydrogen-bond acceptors (Lipinski definition) is 3. The molecule has 1 aliphatic heterocycles. The average Bonchev–Trinajstić information content (AvgIpc) is 2.80. The summed E-state index contributed by atoms with van der Waals surface area (Å²) in [6, 6.07) is -0.787. The lowest BCUT2D eigenvalue weighted by atomic mass is 9.89. The van der Waals surface area contributed by atoms with Gasteiger partial charge >= 0.3 is 12.0 Å². The number of rotatable bonds is 4. The van der Waals surface area contributed by atoms with Gasteiger partial charge in [0.15, 0.2) is 0 Å². The molecular formula is C13H23N3O4. The summed E-state index contributed by atoms with van der Waals surface area (Å²) in [5.74, 6) is -1.69. The molecule has 0 aromatic rings. The average molecular weight is 285 g/mol. The highest BCUT2D eigenvalue weighted by Crippen LogP contribution is 2.30. The molecule has 7 heteroatoms. The molecule has 7 nitrogen and oxygen atoms in total. The third-order valence-electron chi connectivity index (χ3n) is 4.03. The zero-order valence-electron chi connectivity index (χ0n) is 12.4. The SMILES string of the molecule is CNC(=O)C1(C)CCN(C(=O)NC(C)C(C)C(=O)O)C1. The Morgan fingerprint density at radius 2 is 1.90 bits per heavy atom. The first-order chi connectivity index (χ1) is 9.21. The van der Waals surface area contributed by atoms with E-state index in [4.69, 9.17) is 5.11 Å². The highest BCUT2D eigenvalue weighted by Gasteiger charge is 2.41. The van der Waals surface area contributed by atoms with Crippen LogP contribution in [0.1, 0.15) is 27.2 Å². The van der Waals surface area contributed by atoms with Crippen LogP contribution in [0.5, 0.6) is 0 Å². The summed E-state index contributed by atoms with van der Waals surface area (Å²) in [4.78, 5) is 36.3. The maximum Gasteiger partial charge on any atom is 0.317 e. The van der Waals surface area contributed by atoms with E-state index in [2.05, 4.69) is 10.6 Å². The van der Waals surface area contributed by atoms with Crippen molar-refractivity contribution in [2.24, 2.45) is 11.3 Å². The number of nitrogens with one attached hydrogen (secondary N) is 2. The van der Waals surface area contributed by atoms with E-state index >= 15 is 0 Å². The predicted molar refractivity (Wildman–Crippen MR) is 73.2 cm³/mol. The number of carboxylic acid groups (broad SMARTS) is 1. The fourth-order valence-corrected chi connectivity index (χ4v) is 2.25. The van der Waals surface area contributed by atoms with Gasteiger partial charge in [-0.05, 0) is 27.2 Å². The lowest BCUT2D eigenvalue weighted by Crippen LogP contribution is -2.48. The van der Waals surface area contributed by atoms with Crippen LogP contribution in [-0.4, -0.2) is 54.1 Å². The third kappa shape index (κ3) is 3.40. The molecule has 0 spiro atoms. The third-order valence-corrected chi connectivity index (χ3v) is 4.03. The van der Waals surface area contributed by atoms with Crippen LogP contribution in [-0.2, 0) is 9.59 Å². The van der Waals surface area contributed by atoms with Crippen molar-refractivity contribution in [1.29, 1.82) is 0 Å². The first-order valence-corrected chi connectivity index (χ1v) is 6.71. The van der Waals surface area contributed by atoms with E-state index in [0.717, 1.165) is 0 Å². The first-order valence-electron chi connectivity index (χ1n) is 6.71. The van der Waals surface area contributed by atoms with Gasteiger partial charge in [-0.3, -0.25) is 9.59 Å². The number of urea groups is 1. The van der Waals surface area contributed by atoms with Gasteiger partial charge in [0.2, 0.25) is 5.91 Å². The van der Waals surface area contributed by atoms with E-state index in [9.17, 15) is 14.4 Å². The Morgan fingerprint density at radius 1 is 1.30 bits per heavy atom. The van der Waals surface area contributed by atoms with Gasteiger partial charge in [-0.2, -0.15) is 0 Å². The summed E-state index contributed by atoms with van der Waals surface area (Å²) in [6.45, 7) is 5.86. The fraction of sp³-hybridized carbons (Fsp3) is 0.769. The Morgan fingerprint density at radius 3 is 2.40 bits per heavy atom. The maximum atomic E-state index is 12.1. The molecule has 0 radical (unpaired) electrons. The highest BCUT2D eigenvalue weighted by atomic mass is 16.4. The minimum Gasteiger partial charge on any atom is -0.481 e. The van der Waals surface area contributed by atoms with Crippen LogP contribution in [0.2, 0.25) is 0 Å². The molecule has 20 heavy (non-hydrogen) atoms. The summed E-state index contributed by atoms with van der Waals surface area (Å²) < 4.78 is 0. The molecule has 0 aromatic heterocycles. The normalized spacial score (nSPS) is 24.9. The zero-order chi connectivity index (χ0) is 15.5. The minimum atomic E-state index is -0.950. The second-order valence-electron chi connectivity index (χ2n) is 5.68. The Balaban J connectivity index is 2.59. The molecule has 1 saturated heterocycles. The molecule has 0 bridgehead atoms. The predicted octanol–water partition coefficient (Wildman–Crippen LogP) is 0.263. The number of nitrogens with zero attached hydrogens (tertiary/aromatic N) is 1. The quantitative estimate of drug-likeness (QED) is 0.690. The first kappa shape index (κ1) is 16.3. The van der Waals surface area contributed by atoms with E-state index in [-0.39, 0.29) is 11.9 Å². The Hall–Kier alpha value is -1.79. The van der Waals surface area contributed by atoms with Crippen molar-refractivity contribution in [1.82, 2.24) is 15.5 Å². The van der Waals surface area contributed by atoms with Crippen molar-refractivity contribution in [3.05, 3.63) is 0 Å². The molecule has 0 saturated carbocycles. The van der Waals surface area contributed by atoms with Gasteiger partial charge in [0.25, 0.3) is 0 Å². The van der Waals surface area contributed by atoms with Gasteiger partial charge in [-0.25, -0.2) is 4.79 Å². The molecule has 1 rings (SSSR count). The Kier molecular flexibility index (Phi) is 4.97. The standard InChI is InChI=1S/C13H23N3O4/c1-8(10(17)18)9(2)15-12(20)16-6-5-13(3,7-16)11(19)14-4/h8-9H,5-7H2,1-4H3,(H,14,19)(H,15,20)(H,17,18). The number of amides is 3. The second-order valence-corrected chi connectivity index (χ2v) is 5.68. The van der Waals surface area contributed by atoms with Crippen molar-refractivity contribution in [2.45, 2.75) is 33.2 Å². The van der Waals surface area contributed by atoms with E-state index < -0.39 is 23.3 Å². The summed E-state index contributed by atoms with van der Waals surface area (Å²) in [5, 5.41) is 14.2. The van der Waals surface area contributed by atoms with Crippen LogP contribution in [0, 0.1) is 11.3 Å². The van der Waals surface area contributed by atoms with E-state index in [1.54, 1.807) is 25.8 Å². The Labute approximate surface area is 118 Å². The van der Waals surface area contributed by atoms with Crippen molar-refractivity contribution < 1.29 is 19.5 Å². The molecule has 3 unspecified atom stereocenters. The molecule has 1 aliphatic rings. The summed E-state index contributed by atoms with van der Waals surface area (Å²) >= 11 is 0. The monoisotopic (exact) mass is 285 g/mol. The van der Waals surface area contributed by atoms with Crippen molar-refractivity contribution >= 4 is 17.9 Å². The van der Waals surface area contributed by atoms with Gasteiger partial charge in [-0.1, -0.05) is 0 Å². The molecule has 1 heterocycles. The largest absolute Gasteiger partial charge is 0.481 e. The van der Waals surface area contributed by atoms with Crippen molar-refractivity contribution in [2.75, 3.05) is 20.1 Å². The molecule has 0 aliphatic carbocycles. The minimum absolute atomic E-state index is 0.0836.